The molecule has 200 valence electrons. The van der Waals surface area contributed by atoms with Gasteiger partial charge in [-0.15, -0.1) is 11.8 Å². The SMILES string of the molecule is CC(C)(O/N=C(\C(=O)N[C@@H]1C(=O)N2C(C(=O)O)=C(C[n+]3cccc(N)c3)CS[C@H]12)c1nsc(N)n1)C(=O)O. The van der Waals surface area contributed by atoms with Crippen LogP contribution in [-0.4, -0.2) is 76.7 Å². The molecule has 1 saturated heterocycles. The van der Waals surface area contributed by atoms with Crippen LogP contribution in [0.3, 0.4) is 0 Å². The second-order valence-electron chi connectivity index (χ2n) is 8.73. The van der Waals surface area contributed by atoms with Crippen molar-refractivity contribution in [3.63, 3.8) is 0 Å². The highest BCUT2D eigenvalue weighted by Crippen LogP contribution is 2.40. The normalized spacial score (nSPS) is 19.5. The van der Waals surface area contributed by atoms with E-state index in [1.54, 1.807) is 29.1 Å². The lowest BCUT2D eigenvalue weighted by Gasteiger charge is -2.49. The van der Waals surface area contributed by atoms with E-state index in [9.17, 15) is 29.4 Å². The van der Waals surface area contributed by atoms with Crippen LogP contribution in [0.15, 0.2) is 41.0 Å². The standard InChI is InChI=1S/C21H22N8O7S2/c1-21(2,19(34)35)36-26-11(14-25-20(23)38-27-14)15(30)24-12-16(31)29-13(18(32)33)9(8-37-17(12)29)6-28-5-3-4-10(22)7-28/h3-5,7,12,17H,6,8,22H2,1-2H3,(H4-,23,24,25,27,30,32,33,34,35)/p+1/b26-11-/t12-,17-/m1/s1. The van der Waals surface area contributed by atoms with Crippen LogP contribution in [0, 0.1) is 0 Å². The zero-order chi connectivity index (χ0) is 27.8. The Morgan fingerprint density at radius 3 is 2.68 bits per heavy atom. The van der Waals surface area contributed by atoms with Crippen molar-refractivity contribution in [3.05, 3.63) is 41.6 Å². The minimum atomic E-state index is -1.78. The zero-order valence-corrected chi connectivity index (χ0v) is 21.7. The van der Waals surface area contributed by atoms with E-state index < -0.39 is 46.5 Å². The van der Waals surface area contributed by atoms with Crippen molar-refractivity contribution >= 4 is 63.6 Å². The number of carboxylic acid groups (broad SMARTS) is 2. The van der Waals surface area contributed by atoms with Gasteiger partial charge in [-0.25, -0.2) is 9.59 Å². The molecule has 7 N–H and O–H groups in total. The number of carbonyl (C=O) groups excluding carboxylic acids is 2. The minimum Gasteiger partial charge on any atom is -0.478 e. The third-order valence-corrected chi connectivity index (χ3v) is 7.42. The number of nitrogens with two attached hydrogens (primary N) is 2. The number of rotatable bonds is 9. The Balaban J connectivity index is 1.55. The Kier molecular flexibility index (Phi) is 7.23. The second-order valence-corrected chi connectivity index (χ2v) is 10.6. The van der Waals surface area contributed by atoms with Crippen molar-refractivity contribution in [1.82, 2.24) is 19.6 Å². The Bertz CT molecular complexity index is 1390. The van der Waals surface area contributed by atoms with E-state index in [4.69, 9.17) is 16.3 Å². The molecule has 2 aromatic heterocycles. The van der Waals surface area contributed by atoms with E-state index in [0.717, 1.165) is 16.4 Å². The van der Waals surface area contributed by atoms with Crippen molar-refractivity contribution in [3.8, 4) is 0 Å². The lowest BCUT2D eigenvalue weighted by atomic mass is 10.0. The maximum absolute atomic E-state index is 13.1. The summed E-state index contributed by atoms with van der Waals surface area (Å²) in [6.45, 7) is 2.66. The lowest BCUT2D eigenvalue weighted by molar-refractivity contribution is -0.688. The summed E-state index contributed by atoms with van der Waals surface area (Å²) in [4.78, 5) is 59.7. The number of thioether (sulfide) groups is 1. The van der Waals surface area contributed by atoms with Crippen molar-refractivity contribution in [2.24, 2.45) is 5.16 Å². The van der Waals surface area contributed by atoms with Crippen molar-refractivity contribution in [1.29, 1.82) is 0 Å². The molecule has 2 aliphatic heterocycles. The van der Waals surface area contributed by atoms with Gasteiger partial charge in [-0.05, 0) is 19.9 Å². The fraction of sp³-hybridized carbons (Fsp3) is 0.333. The highest BCUT2D eigenvalue weighted by atomic mass is 32.2. The number of β-lactam (4-membered cyclic amide) rings is 1. The van der Waals surface area contributed by atoms with Gasteiger partial charge in [0.15, 0.2) is 24.1 Å². The fourth-order valence-electron chi connectivity index (χ4n) is 3.59. The molecule has 0 spiro atoms. The molecule has 0 aliphatic carbocycles. The van der Waals surface area contributed by atoms with E-state index in [-0.39, 0.29) is 29.0 Å². The van der Waals surface area contributed by atoms with Gasteiger partial charge in [-0.1, -0.05) is 5.16 Å². The average Bonchev–Trinajstić information content (AvgIpc) is 3.27. The molecule has 2 atom stereocenters. The van der Waals surface area contributed by atoms with Crippen LogP contribution < -0.4 is 21.4 Å². The number of nitrogens with zero attached hydrogens (tertiary/aromatic N) is 5. The number of nitrogens with one attached hydrogen (secondary N) is 1. The molecule has 1 fully saturated rings. The smallest absolute Gasteiger partial charge is 0.352 e. The molecule has 2 aromatic rings. The van der Waals surface area contributed by atoms with Gasteiger partial charge >= 0.3 is 11.9 Å². The van der Waals surface area contributed by atoms with E-state index in [0.29, 0.717) is 11.3 Å². The molecular weight excluding hydrogens is 540 g/mol. The van der Waals surface area contributed by atoms with Gasteiger partial charge in [-0.2, -0.15) is 13.9 Å². The second kappa shape index (κ2) is 10.3. The van der Waals surface area contributed by atoms with Crippen molar-refractivity contribution in [2.45, 2.75) is 37.4 Å². The molecule has 4 heterocycles. The van der Waals surface area contributed by atoms with Crippen LogP contribution in [0.2, 0.25) is 0 Å². The van der Waals surface area contributed by atoms with Gasteiger partial charge in [0.2, 0.25) is 17.1 Å². The molecule has 0 saturated carbocycles. The van der Waals surface area contributed by atoms with Gasteiger partial charge in [0.25, 0.3) is 11.8 Å². The Morgan fingerprint density at radius 2 is 2.08 bits per heavy atom. The number of aliphatic carboxylic acids is 2. The Labute approximate surface area is 223 Å². The topological polar surface area (TPSA) is 227 Å². The van der Waals surface area contributed by atoms with Crippen LogP contribution in [0.1, 0.15) is 19.7 Å². The van der Waals surface area contributed by atoms with Crippen molar-refractivity contribution < 1.29 is 38.8 Å². The number of amides is 2. The molecule has 17 heteroatoms. The van der Waals surface area contributed by atoms with Gasteiger partial charge in [0.05, 0.1) is 5.69 Å². The first-order valence-electron chi connectivity index (χ1n) is 10.9. The number of hydrogen-bond acceptors (Lipinski definition) is 12. The number of anilines is 2. The van der Waals surface area contributed by atoms with Gasteiger partial charge < -0.3 is 31.8 Å². The summed E-state index contributed by atoms with van der Waals surface area (Å²) in [5.41, 5.74) is 9.98. The van der Waals surface area contributed by atoms with E-state index in [1.807, 2.05) is 0 Å². The molecule has 2 amide bonds. The molecule has 38 heavy (non-hydrogen) atoms. The summed E-state index contributed by atoms with van der Waals surface area (Å²) in [6, 6.07) is 2.33. The first kappa shape index (κ1) is 26.8. The zero-order valence-electron chi connectivity index (χ0n) is 20.0. The third kappa shape index (κ3) is 5.23. The molecule has 0 aromatic carbocycles. The maximum atomic E-state index is 13.1. The van der Waals surface area contributed by atoms with Crippen LogP contribution in [-0.2, 0) is 30.6 Å². The molecule has 0 unspecified atom stereocenters. The van der Waals surface area contributed by atoms with Gasteiger partial charge in [0.1, 0.15) is 17.1 Å². The van der Waals surface area contributed by atoms with E-state index in [2.05, 4.69) is 19.8 Å². The molecule has 4 rings (SSSR count). The van der Waals surface area contributed by atoms with Crippen molar-refractivity contribution in [2.75, 3.05) is 17.2 Å². The van der Waals surface area contributed by atoms with Crippen LogP contribution >= 0.6 is 23.3 Å². The number of carbonyl (C=O) groups is 4. The highest BCUT2D eigenvalue weighted by Gasteiger charge is 2.55. The van der Waals surface area contributed by atoms with Crippen LogP contribution in [0.4, 0.5) is 10.8 Å². The summed E-state index contributed by atoms with van der Waals surface area (Å²) in [5.74, 6) is -4.12. The first-order valence-corrected chi connectivity index (χ1v) is 12.8. The highest BCUT2D eigenvalue weighted by molar-refractivity contribution is 8.00. The van der Waals surface area contributed by atoms with Crippen LogP contribution in [0.25, 0.3) is 0 Å². The molecular formula is C21H23N8O7S2+. The number of fused-ring (bicyclic) bond motifs is 1. The van der Waals surface area contributed by atoms with Gasteiger partial charge in [-0.3, -0.25) is 14.5 Å². The van der Waals surface area contributed by atoms with E-state index in [1.165, 1.54) is 25.6 Å². The van der Waals surface area contributed by atoms with Gasteiger partial charge in [0, 0.05) is 28.9 Å². The van der Waals surface area contributed by atoms with E-state index >= 15 is 0 Å². The van der Waals surface area contributed by atoms with Crippen LogP contribution in [0.5, 0.6) is 0 Å². The first-order chi connectivity index (χ1) is 17.9. The predicted octanol–water partition coefficient (Wildman–Crippen LogP) is -0.987. The minimum absolute atomic E-state index is 0.0218. The lowest BCUT2D eigenvalue weighted by Crippen LogP contribution is -2.71. The molecule has 0 radical (unpaired) electrons. The molecule has 15 nitrogen and oxygen atoms in total. The number of pyridine rings is 1. The number of nitrogen functional groups attached to an aromatic ring is 2. The largest absolute Gasteiger partial charge is 0.478 e. The molecule has 0 bridgehead atoms. The summed E-state index contributed by atoms with van der Waals surface area (Å²) in [7, 11) is 0. The maximum Gasteiger partial charge on any atom is 0.352 e. The number of hydrogen-bond donors (Lipinski definition) is 5. The quantitative estimate of drug-likeness (QED) is 0.107. The Morgan fingerprint density at radius 1 is 1.34 bits per heavy atom. The number of carboxylic acids is 2. The predicted molar refractivity (Wildman–Crippen MR) is 134 cm³/mol. The Hall–Kier alpha value is -4.25. The monoisotopic (exact) mass is 563 g/mol. The fourth-order valence-corrected chi connectivity index (χ4v) is 5.36. The summed E-state index contributed by atoms with van der Waals surface area (Å²) in [6.07, 6.45) is 3.38. The summed E-state index contributed by atoms with van der Waals surface area (Å²) >= 11 is 2.06. The third-order valence-electron chi connectivity index (χ3n) is 5.54. The summed E-state index contributed by atoms with van der Waals surface area (Å²) < 4.78 is 5.63. The number of aromatic nitrogens is 3. The summed E-state index contributed by atoms with van der Waals surface area (Å²) in [5, 5.41) is 24.6. The number of oxime groups is 1. The average molecular weight is 564 g/mol. The molecule has 2 aliphatic rings.